The van der Waals surface area contributed by atoms with Crippen LogP contribution in [0.4, 0.5) is 62.3 Å². The van der Waals surface area contributed by atoms with E-state index in [1.807, 2.05) is 55.4 Å². The number of hydrogen-bond acceptors (Lipinski definition) is 30. The first-order valence-corrected chi connectivity index (χ1v) is 51.2. The van der Waals surface area contributed by atoms with Crippen LogP contribution in [0.3, 0.4) is 0 Å². The third-order valence-electron chi connectivity index (χ3n) is 25.0. The molecule has 4 amide bonds. The number of sulfonamides is 2. The number of piperazine rings is 2. The van der Waals surface area contributed by atoms with E-state index in [0.717, 1.165) is 54.2 Å². The minimum absolute atomic E-state index is 0.0452. The zero-order chi connectivity index (χ0) is 102. The van der Waals surface area contributed by atoms with Crippen molar-refractivity contribution >= 4 is 135 Å². The van der Waals surface area contributed by atoms with Crippen LogP contribution in [-0.2, 0) is 52.0 Å². The van der Waals surface area contributed by atoms with Crippen molar-refractivity contribution in [1.82, 2.24) is 73.9 Å². The van der Waals surface area contributed by atoms with Gasteiger partial charge in [-0.1, -0.05) is 61.4 Å². The first-order valence-electron chi connectivity index (χ1n) is 47.5. The van der Waals surface area contributed by atoms with Crippen molar-refractivity contribution < 1.29 is 81.4 Å². The lowest BCUT2D eigenvalue weighted by molar-refractivity contribution is -0.132. The molecular formula is C98H119ClF4N22O16S2. The fraction of sp³-hybridized carbons (Fsp3) is 0.449. The summed E-state index contributed by atoms with van der Waals surface area (Å²) in [5, 5.41) is 4.74. The zero-order valence-electron chi connectivity index (χ0n) is 81.2. The van der Waals surface area contributed by atoms with Gasteiger partial charge in [-0.2, -0.15) is 29.9 Å². The largest absolute Gasteiger partial charge is 0.422 e. The summed E-state index contributed by atoms with van der Waals surface area (Å²) in [6.07, 6.45) is 0.488. The number of morpholine rings is 2. The van der Waals surface area contributed by atoms with Gasteiger partial charge in [-0.15, -0.1) is 11.6 Å². The highest BCUT2D eigenvalue weighted by atomic mass is 35.5. The molecule has 764 valence electrons. The highest BCUT2D eigenvalue weighted by Crippen LogP contribution is 2.35. The van der Waals surface area contributed by atoms with E-state index in [2.05, 4.69) is 30.2 Å². The van der Waals surface area contributed by atoms with Gasteiger partial charge in [0, 0.05) is 186 Å². The highest BCUT2D eigenvalue weighted by molar-refractivity contribution is 7.93. The Morgan fingerprint density at radius 1 is 0.448 bits per heavy atom. The second kappa shape index (κ2) is 48.7. The number of carbonyl (C=O) groups is 4. The summed E-state index contributed by atoms with van der Waals surface area (Å²) < 4.78 is 146. The Balaban J connectivity index is 0.000000189. The molecule has 0 aliphatic carbocycles. The number of nitrogens with zero attached hydrogens (tertiary/aromatic N) is 20. The van der Waals surface area contributed by atoms with E-state index in [1.165, 1.54) is 53.8 Å². The predicted molar refractivity (Wildman–Crippen MR) is 538 cm³/mol. The Bertz CT molecular complexity index is 6860. The number of anilines is 6. The maximum Gasteiger partial charge on any atom is 0.414 e. The number of rotatable bonds is 36. The van der Waals surface area contributed by atoms with Crippen LogP contribution in [-0.4, -0.2) is 294 Å². The van der Waals surface area contributed by atoms with E-state index in [1.54, 1.807) is 137 Å². The number of aromatic nitrogens is 10. The number of fused-ring (bicyclic) bond motifs is 4. The number of amides is 4. The fourth-order valence-corrected chi connectivity index (χ4v) is 19.6. The Kier molecular flexibility index (Phi) is 35.9. The molecular weight excluding hydrogens is 1920 g/mol. The third kappa shape index (κ3) is 26.6. The van der Waals surface area contributed by atoms with Crippen molar-refractivity contribution in [3.8, 4) is 23.4 Å². The number of carbonyl (C=O) groups excluding carboxylic acids is 4. The summed E-state index contributed by atoms with van der Waals surface area (Å²) in [7, 11) is 2.14. The number of aryl methyl sites for hydroxylation is 2. The average molecular weight is 2040 g/mol. The van der Waals surface area contributed by atoms with Gasteiger partial charge in [0.25, 0.3) is 12.9 Å². The molecule has 0 unspecified atom stereocenters. The van der Waals surface area contributed by atoms with Crippen LogP contribution in [0.25, 0.3) is 55.9 Å². The molecule has 12 aromatic rings. The quantitative estimate of drug-likeness (QED) is 0.0159. The lowest BCUT2D eigenvalue weighted by atomic mass is 9.99. The van der Waals surface area contributed by atoms with E-state index in [0.29, 0.717) is 242 Å². The topological polar surface area (TPSA) is 417 Å². The van der Waals surface area contributed by atoms with Crippen LogP contribution >= 0.6 is 11.6 Å². The molecule has 6 aromatic carbocycles. The number of halogens is 5. The number of nitrogens with one attached hydrogen (secondary N) is 1. The van der Waals surface area contributed by atoms with E-state index >= 15 is 0 Å². The number of unbranched alkanes of at least 4 members (excludes halogenated alkanes) is 4. The third-order valence-corrected chi connectivity index (χ3v) is 29.0. The smallest absolute Gasteiger partial charge is 0.414 e. The van der Waals surface area contributed by atoms with Gasteiger partial charge in [-0.05, 0) is 167 Å². The standard InChI is InChI=1S/C49H59F2N11O8S.C25H33F2N9O2.C24H27ClN2O6S/c1-33-37-18-17-36(69-49(65)57(2)3)32-41(37)70-45(64)38(33)31-34-12-10-13-35(30-34)58(4)71(66,67)29-11-20-52-19-9-5-6-16-42(63)59-21-23-60(24-22-59)46-54-47(61-25-27-68-28-26-61)56-48(55-46)62-40-15-8-7-14-39(40)53-44(62)43(50)51;26-21(27)22-29-18-6-3-4-7-19(18)36(22)25-31-23(30-24(32-25)35-14-16-38-17-15-35)34-12-10-33(11-13-34)20(37)8-2-1-5-9-28;1-16-20-10-9-19(32-24(29)26(2)3)15-22(20)33-23(28)21(16)14-17-7-5-8-18(13-17)27(4)34(30,31)12-6-11-25/h7-8,10,12-15,17-18,30,32,43,52H,5-6,9,11,16,19-29,31H2,1-4H3;3-4,6-7,21H,1-2,5,8-17,28H2;5,7-10,13,15H,6,11-12,14H2,1-4H3. The number of alkyl halides is 5. The summed E-state index contributed by atoms with van der Waals surface area (Å²) in [6, 6.07) is 37.7. The molecule has 4 fully saturated rings. The van der Waals surface area contributed by atoms with Gasteiger partial charge < -0.3 is 78.0 Å². The van der Waals surface area contributed by atoms with Gasteiger partial charge >= 0.3 is 23.4 Å². The highest BCUT2D eigenvalue weighted by Gasteiger charge is 2.33. The van der Waals surface area contributed by atoms with Gasteiger partial charge in [0.05, 0.1) is 71.4 Å². The molecule has 38 nitrogen and oxygen atoms in total. The van der Waals surface area contributed by atoms with Gasteiger partial charge in [0.2, 0.25) is 67.6 Å². The fourth-order valence-electron chi connectivity index (χ4n) is 16.8. The van der Waals surface area contributed by atoms with Crippen LogP contribution in [0.2, 0.25) is 0 Å². The van der Waals surface area contributed by atoms with Crippen molar-refractivity contribution in [2.24, 2.45) is 5.73 Å². The normalized spacial score (nSPS) is 14.3. The maximum absolute atomic E-state index is 14.3. The van der Waals surface area contributed by atoms with Crippen LogP contribution in [0.1, 0.15) is 122 Å². The van der Waals surface area contributed by atoms with Crippen LogP contribution in [0, 0.1) is 13.8 Å². The lowest BCUT2D eigenvalue weighted by Crippen LogP contribution is -2.49. The van der Waals surface area contributed by atoms with Crippen LogP contribution < -0.4 is 60.0 Å². The number of para-hydroxylation sites is 4. The molecule has 0 bridgehead atoms. The molecule has 4 aliphatic heterocycles. The Hall–Kier alpha value is -13.3. The minimum atomic E-state index is -3.65. The number of benzene rings is 6. The summed E-state index contributed by atoms with van der Waals surface area (Å²) in [4.78, 5) is 126. The van der Waals surface area contributed by atoms with Gasteiger partial charge in [0.15, 0.2) is 11.6 Å². The van der Waals surface area contributed by atoms with Crippen molar-refractivity contribution in [2.75, 3.05) is 212 Å². The van der Waals surface area contributed by atoms with Crippen molar-refractivity contribution in [3.05, 3.63) is 199 Å². The average Bonchev–Trinajstić information content (AvgIpc) is 1.47. The number of nitrogens with two attached hydrogens (primary N) is 1. The maximum atomic E-state index is 14.3. The Labute approximate surface area is 830 Å². The molecule has 0 atom stereocenters. The first kappa shape index (κ1) is 106. The van der Waals surface area contributed by atoms with Gasteiger partial charge in [-0.25, -0.2) is 63.5 Å². The van der Waals surface area contributed by atoms with Crippen molar-refractivity contribution in [3.63, 3.8) is 0 Å². The summed E-state index contributed by atoms with van der Waals surface area (Å²) in [5.74, 6) is 1.67. The summed E-state index contributed by atoms with van der Waals surface area (Å²) in [6.45, 7) is 13.7. The van der Waals surface area contributed by atoms with Crippen LogP contribution in [0.5, 0.6) is 11.5 Å². The minimum Gasteiger partial charge on any atom is -0.422 e. The number of hydrogen-bond donors (Lipinski definition) is 2. The summed E-state index contributed by atoms with van der Waals surface area (Å²) in [5.41, 5.74) is 11.8. The van der Waals surface area contributed by atoms with Gasteiger partial charge in [0.1, 0.15) is 22.7 Å². The van der Waals surface area contributed by atoms with Crippen molar-refractivity contribution in [2.45, 2.75) is 104 Å². The zero-order valence-corrected chi connectivity index (χ0v) is 83.5. The van der Waals surface area contributed by atoms with E-state index in [4.69, 9.17) is 60.1 Å². The second-order valence-electron chi connectivity index (χ2n) is 35.2. The Morgan fingerprint density at radius 2 is 0.825 bits per heavy atom. The molecule has 4 aliphatic rings. The Morgan fingerprint density at radius 3 is 1.22 bits per heavy atom. The molecule has 4 saturated heterocycles. The number of imidazole rings is 2. The summed E-state index contributed by atoms with van der Waals surface area (Å²) >= 11 is 5.64. The second-order valence-corrected chi connectivity index (χ2v) is 39.9. The van der Waals surface area contributed by atoms with E-state index in [-0.39, 0.29) is 71.0 Å². The molecule has 6 aromatic heterocycles. The van der Waals surface area contributed by atoms with Crippen LogP contribution in [0.15, 0.2) is 152 Å². The molecule has 0 saturated carbocycles. The predicted octanol–water partition coefficient (Wildman–Crippen LogP) is 12.0. The first-order chi connectivity index (χ1) is 68.7. The van der Waals surface area contributed by atoms with E-state index < -0.39 is 68.0 Å². The molecule has 16 rings (SSSR count). The monoisotopic (exact) mass is 2030 g/mol. The number of ether oxygens (including phenoxy) is 4. The molecule has 45 heteroatoms. The molecule has 0 spiro atoms. The molecule has 10 heterocycles. The van der Waals surface area contributed by atoms with E-state index in [9.17, 15) is 63.2 Å². The molecule has 0 radical (unpaired) electrons. The van der Waals surface area contributed by atoms with Gasteiger partial charge in [-0.3, -0.25) is 27.3 Å². The molecule has 3 N–H and O–H groups in total. The lowest BCUT2D eigenvalue weighted by Gasteiger charge is -2.35. The molecule has 143 heavy (non-hydrogen) atoms. The SMILES string of the molecule is Cc1c(Cc2cccc(N(C)S(=O)(=O)CCCCl)c2)c(=O)oc2cc(OC(=O)N(C)C)ccc12.Cc1c(Cc2cccc(N(C)S(=O)(=O)CCCNCCCCCC(=O)N3CCN(c4nc(N5CCOCC5)nc(-n5c(C(F)F)nc6ccccc65)n4)CC3)c2)c(=O)oc2cc(OC(=O)N(C)C)ccc12.NCCCCCC(=O)N1CCN(c2nc(N3CCOCC3)nc(-n3c(C(F)F)nc4ccccc43)n2)CC1. The van der Waals surface area contributed by atoms with Crippen molar-refractivity contribution in [1.29, 1.82) is 0 Å².